The van der Waals surface area contributed by atoms with Crippen molar-refractivity contribution in [2.24, 2.45) is 0 Å². The van der Waals surface area contributed by atoms with E-state index < -0.39 is 10.0 Å². The summed E-state index contributed by atoms with van der Waals surface area (Å²) in [6.45, 7) is 8.17. The van der Waals surface area contributed by atoms with Crippen molar-refractivity contribution < 1.29 is 13.2 Å². The van der Waals surface area contributed by atoms with Crippen LogP contribution in [0.3, 0.4) is 0 Å². The normalized spacial score (nSPS) is 13.2. The summed E-state index contributed by atoms with van der Waals surface area (Å²) in [5.74, 6) is 0.552. The zero-order valence-electron chi connectivity index (χ0n) is 21.8. The molecule has 0 aliphatic heterocycles. The lowest BCUT2D eigenvalue weighted by atomic mass is 10.1. The van der Waals surface area contributed by atoms with Crippen molar-refractivity contribution in [3.05, 3.63) is 59.0 Å². The van der Waals surface area contributed by atoms with Gasteiger partial charge in [-0.1, -0.05) is 13.0 Å². The second-order valence-electron chi connectivity index (χ2n) is 9.33. The van der Waals surface area contributed by atoms with Crippen molar-refractivity contribution in [1.82, 2.24) is 20.3 Å². The van der Waals surface area contributed by atoms with E-state index in [2.05, 4.69) is 30.9 Å². The highest BCUT2D eigenvalue weighted by atomic mass is 32.2. The number of benzene rings is 1. The smallest absolute Gasteiger partial charge is 0.254 e. The van der Waals surface area contributed by atoms with Crippen molar-refractivity contribution in [3.8, 4) is 0 Å². The van der Waals surface area contributed by atoms with E-state index in [-0.39, 0.29) is 11.2 Å². The lowest BCUT2D eigenvalue weighted by Crippen LogP contribution is -2.30. The number of rotatable bonds is 10. The van der Waals surface area contributed by atoms with Gasteiger partial charge in [0.25, 0.3) is 5.91 Å². The Bertz CT molecular complexity index is 1400. The van der Waals surface area contributed by atoms with Gasteiger partial charge in [0.1, 0.15) is 5.82 Å². The quantitative estimate of drug-likeness (QED) is 0.358. The molecule has 2 aromatic heterocycles. The van der Waals surface area contributed by atoms with Gasteiger partial charge in [-0.25, -0.2) is 23.4 Å². The van der Waals surface area contributed by atoms with Crippen LogP contribution in [0, 0.1) is 20.8 Å². The van der Waals surface area contributed by atoms with Gasteiger partial charge in [0.15, 0.2) is 0 Å². The van der Waals surface area contributed by atoms with E-state index in [1.165, 1.54) is 10.5 Å². The Balaban J connectivity index is 1.73. The fourth-order valence-electron chi connectivity index (χ4n) is 3.92. The molecule has 0 saturated heterocycles. The first-order chi connectivity index (χ1) is 17.6. The molecule has 0 spiro atoms. The molecule has 196 valence electrons. The van der Waals surface area contributed by atoms with Gasteiger partial charge in [-0.15, -0.1) is 0 Å². The maximum Gasteiger partial charge on any atom is 0.254 e. The molecule has 1 aromatic carbocycles. The van der Waals surface area contributed by atoms with E-state index in [9.17, 15) is 13.2 Å². The predicted molar refractivity (Wildman–Crippen MR) is 146 cm³/mol. The number of carbonyl (C=O) groups is 1. The lowest BCUT2D eigenvalue weighted by molar-refractivity contribution is 0.0954. The Hall–Kier alpha value is -3.73. The average Bonchev–Trinajstić information content (AvgIpc) is 3.69. The Kier molecular flexibility index (Phi) is 7.63. The van der Waals surface area contributed by atoms with Crippen LogP contribution in [0.1, 0.15) is 53.5 Å². The molecule has 37 heavy (non-hydrogen) atoms. The van der Waals surface area contributed by atoms with Gasteiger partial charge in [-0.2, -0.15) is 0 Å². The van der Waals surface area contributed by atoms with Crippen LogP contribution >= 0.6 is 0 Å². The van der Waals surface area contributed by atoms with Crippen molar-refractivity contribution in [2.45, 2.75) is 52.2 Å². The first kappa shape index (κ1) is 26.3. The highest BCUT2D eigenvalue weighted by molar-refractivity contribution is 7.93. The zero-order chi connectivity index (χ0) is 26.7. The minimum Gasteiger partial charge on any atom is -0.353 e. The van der Waals surface area contributed by atoms with E-state index in [4.69, 9.17) is 0 Å². The summed E-state index contributed by atoms with van der Waals surface area (Å²) in [7, 11) is -1.90. The number of aromatic nitrogens is 3. The van der Waals surface area contributed by atoms with E-state index >= 15 is 0 Å². The summed E-state index contributed by atoms with van der Waals surface area (Å²) >= 11 is 0. The van der Waals surface area contributed by atoms with Gasteiger partial charge in [-0.3, -0.25) is 9.10 Å². The molecule has 3 N–H and O–H groups in total. The Morgan fingerprint density at radius 2 is 1.73 bits per heavy atom. The number of aryl methyl sites for hydroxylation is 3. The topological polar surface area (TPSA) is 129 Å². The van der Waals surface area contributed by atoms with Gasteiger partial charge in [0, 0.05) is 37.2 Å². The van der Waals surface area contributed by atoms with Gasteiger partial charge < -0.3 is 16.0 Å². The van der Waals surface area contributed by atoms with E-state index in [0.29, 0.717) is 53.8 Å². The van der Waals surface area contributed by atoms with Crippen LogP contribution in [0.4, 0.5) is 28.8 Å². The molecular formula is C26H33N7O3S. The fourth-order valence-corrected chi connectivity index (χ4v) is 5.52. The van der Waals surface area contributed by atoms with Crippen LogP contribution < -0.4 is 20.3 Å². The number of carbonyl (C=O) groups excluding carboxylic acids is 1. The Morgan fingerprint density at radius 3 is 2.38 bits per heavy atom. The van der Waals surface area contributed by atoms with Gasteiger partial charge in [0.2, 0.25) is 16.0 Å². The van der Waals surface area contributed by atoms with Crippen molar-refractivity contribution in [2.75, 3.05) is 28.5 Å². The summed E-state index contributed by atoms with van der Waals surface area (Å²) in [5.41, 5.74) is 4.42. The van der Waals surface area contributed by atoms with Crippen molar-refractivity contribution >= 4 is 44.8 Å². The van der Waals surface area contributed by atoms with Crippen LogP contribution in [0.15, 0.2) is 36.5 Å². The van der Waals surface area contributed by atoms with Gasteiger partial charge in [0.05, 0.1) is 27.9 Å². The number of hydrogen-bond acceptors (Lipinski definition) is 8. The van der Waals surface area contributed by atoms with Crippen molar-refractivity contribution in [1.29, 1.82) is 0 Å². The van der Waals surface area contributed by atoms with E-state index in [1.54, 1.807) is 13.1 Å². The molecule has 2 heterocycles. The molecule has 0 radical (unpaired) electrons. The highest BCUT2D eigenvalue weighted by Crippen LogP contribution is 2.37. The minimum absolute atomic E-state index is 0.279. The average molecular weight is 524 g/mol. The molecule has 1 amide bonds. The first-order valence-corrected chi connectivity index (χ1v) is 13.8. The standard InChI is InChI=1S/C26H33N7O3S/c1-6-11-27-25(34)20-15-28-24(32-26-29-17(3)13-18(4)30-26)14-22(20)31-21-10-7-16(2)12-23(21)33(5)37(35,36)19-8-9-19/h7,10,12-15,19H,6,8-9,11H2,1-5H3,(H,27,34)(H2,28,29,30,31,32). The summed E-state index contributed by atoms with van der Waals surface area (Å²) in [6, 6.07) is 9.10. The molecule has 0 atom stereocenters. The van der Waals surface area contributed by atoms with E-state index in [0.717, 1.165) is 23.4 Å². The number of nitrogens with one attached hydrogen (secondary N) is 3. The van der Waals surface area contributed by atoms with Crippen LogP contribution in [-0.4, -0.2) is 48.1 Å². The third-order valence-corrected chi connectivity index (χ3v) is 8.27. The molecule has 11 heteroatoms. The third kappa shape index (κ3) is 6.16. The van der Waals surface area contributed by atoms with E-state index in [1.807, 2.05) is 52.0 Å². The second-order valence-corrected chi connectivity index (χ2v) is 11.6. The van der Waals surface area contributed by atoms with Gasteiger partial charge in [-0.05, 0) is 63.8 Å². The summed E-state index contributed by atoms with van der Waals surface area (Å²) < 4.78 is 27.4. The first-order valence-electron chi connectivity index (χ1n) is 12.3. The SMILES string of the molecule is CCCNC(=O)c1cnc(Nc2nc(C)cc(C)n2)cc1Nc1ccc(C)cc1N(C)S(=O)(=O)C1CC1. The molecule has 1 fully saturated rings. The van der Waals surface area contributed by atoms with Crippen LogP contribution in [-0.2, 0) is 10.0 Å². The molecule has 10 nitrogen and oxygen atoms in total. The Morgan fingerprint density at radius 1 is 1.03 bits per heavy atom. The second kappa shape index (κ2) is 10.7. The number of hydrogen-bond donors (Lipinski definition) is 3. The van der Waals surface area contributed by atoms with Crippen molar-refractivity contribution in [3.63, 3.8) is 0 Å². The predicted octanol–water partition coefficient (Wildman–Crippen LogP) is 4.35. The zero-order valence-corrected chi connectivity index (χ0v) is 22.6. The van der Waals surface area contributed by atoms with Crippen LogP contribution in [0.2, 0.25) is 0 Å². The highest BCUT2D eigenvalue weighted by Gasteiger charge is 2.39. The molecule has 0 bridgehead atoms. The van der Waals surface area contributed by atoms with Gasteiger partial charge >= 0.3 is 0 Å². The monoisotopic (exact) mass is 523 g/mol. The molecule has 1 aliphatic carbocycles. The summed E-state index contributed by atoms with van der Waals surface area (Å²) in [4.78, 5) is 26.2. The van der Waals surface area contributed by atoms with Crippen LogP contribution in [0.25, 0.3) is 0 Å². The number of amides is 1. The number of anilines is 5. The molecule has 3 aromatic rings. The molecule has 1 saturated carbocycles. The summed E-state index contributed by atoms with van der Waals surface area (Å²) in [6.07, 6.45) is 3.61. The van der Waals surface area contributed by atoms with Crippen LogP contribution in [0.5, 0.6) is 0 Å². The molecule has 1 aliphatic rings. The fraction of sp³-hybridized carbons (Fsp3) is 0.385. The number of pyridine rings is 1. The maximum absolute atomic E-state index is 13.0. The third-order valence-electron chi connectivity index (χ3n) is 6.00. The molecule has 0 unspecified atom stereocenters. The number of nitrogens with zero attached hydrogens (tertiary/aromatic N) is 4. The number of sulfonamides is 1. The largest absolute Gasteiger partial charge is 0.353 e. The maximum atomic E-state index is 13.0. The molecular weight excluding hydrogens is 490 g/mol. The minimum atomic E-state index is -3.47. The Labute approximate surface area is 218 Å². The summed E-state index contributed by atoms with van der Waals surface area (Å²) in [5, 5.41) is 8.93. The lowest BCUT2D eigenvalue weighted by Gasteiger charge is -2.24. The molecule has 4 rings (SSSR count).